The summed E-state index contributed by atoms with van der Waals surface area (Å²) >= 11 is 0. The number of aromatic nitrogens is 1. The number of fused-ring (bicyclic) bond motifs is 8. The third-order valence-corrected chi connectivity index (χ3v) is 10.4. The van der Waals surface area contributed by atoms with Crippen LogP contribution in [0, 0.1) is 0 Å². The van der Waals surface area contributed by atoms with Crippen LogP contribution < -0.4 is 9.64 Å². The van der Waals surface area contributed by atoms with Crippen molar-refractivity contribution in [2.24, 2.45) is 0 Å². The molecule has 0 aliphatic carbocycles. The predicted molar refractivity (Wildman–Crippen MR) is 214 cm³/mol. The van der Waals surface area contributed by atoms with Crippen LogP contribution in [0.5, 0.6) is 11.5 Å². The van der Waals surface area contributed by atoms with Crippen LogP contribution in [-0.4, -0.2) is 4.57 Å². The van der Waals surface area contributed by atoms with E-state index in [1.54, 1.807) is 0 Å². The summed E-state index contributed by atoms with van der Waals surface area (Å²) in [4.78, 5) is 2.33. The largest absolute Gasteiger partial charge is 0.456 e. The van der Waals surface area contributed by atoms with Crippen LogP contribution in [0.2, 0.25) is 0 Å². The van der Waals surface area contributed by atoms with Gasteiger partial charge in [-0.3, -0.25) is 0 Å². The highest BCUT2D eigenvalue weighted by Gasteiger charge is 2.24. The summed E-state index contributed by atoms with van der Waals surface area (Å²) in [5.41, 5.74) is 12.9. The molecule has 0 N–H and O–H groups in total. The lowest BCUT2D eigenvalue weighted by Crippen LogP contribution is -2.10. The van der Waals surface area contributed by atoms with Crippen molar-refractivity contribution in [1.29, 1.82) is 0 Å². The van der Waals surface area contributed by atoms with Gasteiger partial charge in [-0.05, 0) is 89.0 Å². The van der Waals surface area contributed by atoms with E-state index in [-0.39, 0.29) is 0 Å². The molecule has 8 aromatic carbocycles. The van der Waals surface area contributed by atoms with Crippen LogP contribution in [-0.2, 0) is 0 Å². The first-order chi connectivity index (χ1) is 25.8. The number of nitrogens with zero attached hydrogens (tertiary/aromatic N) is 2. The molecule has 0 fully saturated rings. The summed E-state index contributed by atoms with van der Waals surface area (Å²) < 4.78 is 15.3. The molecule has 0 atom stereocenters. The standard InChI is InChI=1S/C48H30N2O2/c1-2-10-31(11-3-1)32-20-25-35(26-21-32)49(42-16-9-18-44-47(42)39-13-5-7-17-43(39)51-44)36-27-22-33(23-28-36)34-24-29-41-46(30-34)52-45-19-8-14-38-37-12-4-6-15-40(37)50(41)48(38)45/h1-30H. The Morgan fingerprint density at radius 3 is 1.85 bits per heavy atom. The van der Waals surface area contributed by atoms with Crippen molar-refractivity contribution in [2.75, 3.05) is 4.90 Å². The van der Waals surface area contributed by atoms with Gasteiger partial charge >= 0.3 is 0 Å². The van der Waals surface area contributed by atoms with Crippen LogP contribution in [0.1, 0.15) is 0 Å². The summed E-state index contributed by atoms with van der Waals surface area (Å²) in [5, 5.41) is 4.62. The average molecular weight is 667 g/mol. The van der Waals surface area contributed by atoms with Gasteiger partial charge in [0.2, 0.25) is 0 Å². The maximum Gasteiger partial charge on any atom is 0.152 e. The summed E-state index contributed by atoms with van der Waals surface area (Å²) in [5.74, 6) is 1.73. The molecule has 11 rings (SSSR count). The van der Waals surface area contributed by atoms with Gasteiger partial charge in [-0.25, -0.2) is 0 Å². The van der Waals surface area contributed by atoms with Gasteiger partial charge in [0.1, 0.15) is 11.2 Å². The molecule has 0 spiro atoms. The Balaban J connectivity index is 1.02. The van der Waals surface area contributed by atoms with Crippen molar-refractivity contribution in [3.8, 4) is 39.4 Å². The molecular formula is C48H30N2O2. The number of para-hydroxylation sites is 3. The van der Waals surface area contributed by atoms with E-state index in [1.165, 1.54) is 27.4 Å². The van der Waals surface area contributed by atoms with E-state index < -0.39 is 0 Å². The molecule has 0 radical (unpaired) electrons. The maximum atomic E-state index is 6.59. The fourth-order valence-electron chi connectivity index (χ4n) is 8.00. The van der Waals surface area contributed by atoms with Gasteiger partial charge in [0.15, 0.2) is 11.5 Å². The first-order valence-electron chi connectivity index (χ1n) is 17.6. The average Bonchev–Trinajstić information content (AvgIpc) is 3.76. The van der Waals surface area contributed by atoms with E-state index in [4.69, 9.17) is 9.15 Å². The second-order valence-electron chi connectivity index (χ2n) is 13.3. The highest BCUT2D eigenvalue weighted by Crippen LogP contribution is 2.47. The third-order valence-electron chi connectivity index (χ3n) is 10.4. The van der Waals surface area contributed by atoms with Crippen LogP contribution in [0.3, 0.4) is 0 Å². The quantitative estimate of drug-likeness (QED) is 0.183. The normalized spacial score (nSPS) is 12.0. The lowest BCUT2D eigenvalue weighted by molar-refractivity contribution is 0.476. The number of hydrogen-bond acceptors (Lipinski definition) is 3. The van der Waals surface area contributed by atoms with Crippen LogP contribution in [0.25, 0.3) is 71.7 Å². The van der Waals surface area contributed by atoms with Crippen LogP contribution in [0.4, 0.5) is 17.1 Å². The number of furan rings is 1. The molecule has 0 unspecified atom stereocenters. The minimum atomic E-state index is 0.849. The Morgan fingerprint density at radius 2 is 1.04 bits per heavy atom. The molecule has 2 aromatic heterocycles. The molecule has 0 saturated heterocycles. The van der Waals surface area contributed by atoms with E-state index in [0.29, 0.717) is 0 Å². The van der Waals surface area contributed by atoms with Gasteiger partial charge in [0.05, 0.1) is 27.8 Å². The van der Waals surface area contributed by atoms with Crippen molar-refractivity contribution >= 4 is 60.8 Å². The van der Waals surface area contributed by atoms with Crippen molar-refractivity contribution < 1.29 is 9.15 Å². The molecule has 4 nitrogen and oxygen atoms in total. The molecule has 244 valence electrons. The molecule has 1 aliphatic rings. The molecule has 0 saturated carbocycles. The van der Waals surface area contributed by atoms with Crippen molar-refractivity contribution in [2.45, 2.75) is 0 Å². The molecule has 3 heterocycles. The minimum Gasteiger partial charge on any atom is -0.456 e. The Labute approximate surface area is 300 Å². The molecule has 52 heavy (non-hydrogen) atoms. The highest BCUT2D eigenvalue weighted by atomic mass is 16.5. The van der Waals surface area contributed by atoms with E-state index in [1.807, 2.05) is 12.1 Å². The third kappa shape index (κ3) is 4.34. The first kappa shape index (κ1) is 28.8. The Kier molecular flexibility index (Phi) is 6.22. The SMILES string of the molecule is c1ccc(-c2ccc(N(c3ccc(-c4ccc5c(c4)Oc4cccc6c7ccccc7n-5c46)cc3)c3cccc4oc5ccccc5c34)cc2)cc1. The summed E-state index contributed by atoms with van der Waals surface area (Å²) in [7, 11) is 0. The monoisotopic (exact) mass is 666 g/mol. The Morgan fingerprint density at radius 1 is 0.423 bits per heavy atom. The second-order valence-corrected chi connectivity index (χ2v) is 13.3. The smallest absolute Gasteiger partial charge is 0.152 e. The number of hydrogen-bond donors (Lipinski definition) is 0. The van der Waals surface area contributed by atoms with Crippen LogP contribution in [0.15, 0.2) is 186 Å². The van der Waals surface area contributed by atoms with E-state index in [9.17, 15) is 0 Å². The lowest BCUT2D eigenvalue weighted by atomic mass is 10.0. The molecule has 0 amide bonds. The number of anilines is 3. The molecular weight excluding hydrogens is 637 g/mol. The van der Waals surface area contributed by atoms with Crippen molar-refractivity contribution in [1.82, 2.24) is 4.57 Å². The van der Waals surface area contributed by atoms with Gasteiger partial charge in [-0.1, -0.05) is 115 Å². The molecule has 1 aliphatic heterocycles. The van der Waals surface area contributed by atoms with Gasteiger partial charge in [0, 0.05) is 27.5 Å². The summed E-state index contributed by atoms with van der Waals surface area (Å²) in [6, 6.07) is 64.2. The van der Waals surface area contributed by atoms with Crippen molar-refractivity contribution in [3.63, 3.8) is 0 Å². The zero-order chi connectivity index (χ0) is 34.2. The van der Waals surface area contributed by atoms with Crippen molar-refractivity contribution in [3.05, 3.63) is 182 Å². The van der Waals surface area contributed by atoms with Crippen LogP contribution >= 0.6 is 0 Å². The number of rotatable bonds is 5. The van der Waals surface area contributed by atoms with Gasteiger partial charge < -0.3 is 18.6 Å². The van der Waals surface area contributed by atoms with Gasteiger partial charge in [-0.15, -0.1) is 0 Å². The zero-order valence-electron chi connectivity index (χ0n) is 28.0. The number of benzene rings is 8. The minimum absolute atomic E-state index is 0.849. The van der Waals surface area contributed by atoms with Gasteiger partial charge in [-0.2, -0.15) is 0 Å². The summed E-state index contributed by atoms with van der Waals surface area (Å²) in [6.07, 6.45) is 0. The topological polar surface area (TPSA) is 30.5 Å². The highest BCUT2D eigenvalue weighted by molar-refractivity contribution is 6.14. The Hall–Kier alpha value is -7.04. The molecule has 10 aromatic rings. The van der Waals surface area contributed by atoms with Gasteiger partial charge in [0.25, 0.3) is 0 Å². The molecule has 4 heteroatoms. The fourth-order valence-corrected chi connectivity index (χ4v) is 8.00. The molecule has 0 bridgehead atoms. The van der Waals surface area contributed by atoms with E-state index in [2.05, 4.69) is 179 Å². The predicted octanol–water partition coefficient (Wildman–Crippen LogP) is 13.6. The number of ether oxygens (including phenoxy) is 1. The summed E-state index contributed by atoms with van der Waals surface area (Å²) in [6.45, 7) is 0. The Bertz CT molecular complexity index is 2970. The lowest BCUT2D eigenvalue weighted by Gasteiger charge is -2.27. The van der Waals surface area contributed by atoms with E-state index in [0.717, 1.165) is 72.8 Å². The first-order valence-corrected chi connectivity index (χ1v) is 17.6. The maximum absolute atomic E-state index is 6.59. The fraction of sp³-hybridized carbons (Fsp3) is 0. The zero-order valence-corrected chi connectivity index (χ0v) is 28.0. The second kappa shape index (κ2) is 11.2. The van der Waals surface area contributed by atoms with E-state index >= 15 is 0 Å².